The van der Waals surface area contributed by atoms with E-state index in [1.54, 1.807) is 6.20 Å². The van der Waals surface area contributed by atoms with Gasteiger partial charge in [0.1, 0.15) is 0 Å². The van der Waals surface area contributed by atoms with Crippen LogP contribution in [-0.4, -0.2) is 15.1 Å². The highest BCUT2D eigenvalue weighted by Crippen LogP contribution is 2.22. The second-order valence-electron chi connectivity index (χ2n) is 5.02. The number of aromatic amines is 1. The molecule has 0 fully saturated rings. The third kappa shape index (κ3) is 2.73. The summed E-state index contributed by atoms with van der Waals surface area (Å²) in [5.41, 5.74) is 3.24. The molecule has 0 spiro atoms. The number of H-pyrrole nitrogens is 1. The van der Waals surface area contributed by atoms with Gasteiger partial charge in [-0.15, -0.1) is 0 Å². The van der Waals surface area contributed by atoms with Gasteiger partial charge >= 0.3 is 0 Å². The Kier molecular flexibility index (Phi) is 3.79. The van der Waals surface area contributed by atoms with E-state index in [1.807, 2.05) is 24.3 Å². The highest BCUT2D eigenvalue weighted by molar-refractivity contribution is 5.82. The molecule has 0 aliphatic carbocycles. The van der Waals surface area contributed by atoms with E-state index < -0.39 is 6.10 Å². The Hall–Kier alpha value is -2.13. The van der Waals surface area contributed by atoms with E-state index in [0.29, 0.717) is 0 Å². The molecular formula is C17H18N2O. The molecule has 1 aromatic carbocycles. The first-order valence-electron chi connectivity index (χ1n) is 6.98. The van der Waals surface area contributed by atoms with E-state index in [9.17, 15) is 5.11 Å². The van der Waals surface area contributed by atoms with Crippen LogP contribution >= 0.6 is 0 Å². The molecule has 0 saturated carbocycles. The third-order valence-corrected chi connectivity index (χ3v) is 3.63. The number of rotatable bonds is 5. The molecule has 1 unspecified atom stereocenters. The number of pyridine rings is 1. The molecule has 102 valence electrons. The van der Waals surface area contributed by atoms with Crippen molar-refractivity contribution >= 4 is 10.9 Å². The summed E-state index contributed by atoms with van der Waals surface area (Å²) in [4.78, 5) is 7.47. The molecule has 3 rings (SSSR count). The normalized spacial score (nSPS) is 12.7. The smallest absolute Gasteiger partial charge is 0.0959 e. The minimum absolute atomic E-state index is 0.471. The van der Waals surface area contributed by atoms with Crippen LogP contribution in [0.3, 0.4) is 0 Å². The monoisotopic (exact) mass is 266 g/mol. The zero-order valence-electron chi connectivity index (χ0n) is 11.3. The summed E-state index contributed by atoms with van der Waals surface area (Å²) in [6, 6.07) is 14.0. The number of hydrogen-bond acceptors (Lipinski definition) is 2. The van der Waals surface area contributed by atoms with Crippen molar-refractivity contribution in [2.45, 2.75) is 25.4 Å². The first-order valence-corrected chi connectivity index (χ1v) is 6.98. The van der Waals surface area contributed by atoms with Crippen LogP contribution in [0.5, 0.6) is 0 Å². The highest BCUT2D eigenvalue weighted by Gasteiger charge is 2.09. The number of fused-ring (bicyclic) bond motifs is 1. The number of aryl methyl sites for hydroxylation is 1. The van der Waals surface area contributed by atoms with Crippen LogP contribution in [0, 0.1) is 0 Å². The van der Waals surface area contributed by atoms with Gasteiger partial charge in [-0.25, -0.2) is 0 Å². The molecular weight excluding hydrogens is 248 g/mol. The van der Waals surface area contributed by atoms with E-state index in [1.165, 1.54) is 16.5 Å². The number of benzene rings is 1. The van der Waals surface area contributed by atoms with Gasteiger partial charge in [-0.05, 0) is 43.0 Å². The van der Waals surface area contributed by atoms with Gasteiger partial charge in [0.05, 0.1) is 11.8 Å². The van der Waals surface area contributed by atoms with Crippen molar-refractivity contribution in [2.24, 2.45) is 0 Å². The van der Waals surface area contributed by atoms with Gasteiger partial charge in [0.15, 0.2) is 0 Å². The molecule has 2 heterocycles. The fourth-order valence-electron chi connectivity index (χ4n) is 2.55. The van der Waals surface area contributed by atoms with Crippen molar-refractivity contribution in [3.05, 3.63) is 66.1 Å². The summed E-state index contributed by atoms with van der Waals surface area (Å²) >= 11 is 0. The second kappa shape index (κ2) is 5.88. The molecule has 0 radical (unpaired) electrons. The first kappa shape index (κ1) is 12.9. The van der Waals surface area contributed by atoms with Crippen LogP contribution in [0.15, 0.2) is 54.9 Å². The summed E-state index contributed by atoms with van der Waals surface area (Å²) in [5, 5.41) is 11.4. The van der Waals surface area contributed by atoms with Crippen LogP contribution < -0.4 is 0 Å². The SMILES string of the molecule is OC(CCCc1c[nH]c2ccccc12)c1ccccn1. The summed E-state index contributed by atoms with van der Waals surface area (Å²) in [7, 11) is 0. The first-order chi connectivity index (χ1) is 9.84. The van der Waals surface area contributed by atoms with Gasteiger partial charge in [-0.1, -0.05) is 24.3 Å². The van der Waals surface area contributed by atoms with Gasteiger partial charge < -0.3 is 10.1 Å². The minimum atomic E-state index is -0.471. The largest absolute Gasteiger partial charge is 0.387 e. The van der Waals surface area contributed by atoms with Crippen LogP contribution in [0.4, 0.5) is 0 Å². The Morgan fingerprint density at radius 1 is 1.10 bits per heavy atom. The fourth-order valence-corrected chi connectivity index (χ4v) is 2.55. The summed E-state index contributed by atoms with van der Waals surface area (Å²) in [6.45, 7) is 0. The molecule has 20 heavy (non-hydrogen) atoms. The van der Waals surface area contributed by atoms with E-state index in [0.717, 1.165) is 25.0 Å². The van der Waals surface area contributed by atoms with E-state index >= 15 is 0 Å². The van der Waals surface area contributed by atoms with E-state index in [-0.39, 0.29) is 0 Å². The number of aliphatic hydroxyl groups is 1. The molecule has 3 aromatic rings. The van der Waals surface area contributed by atoms with Crippen LogP contribution in [0.1, 0.15) is 30.2 Å². The molecule has 0 aliphatic heterocycles. The maximum atomic E-state index is 10.1. The Morgan fingerprint density at radius 3 is 2.80 bits per heavy atom. The predicted molar refractivity (Wildman–Crippen MR) is 80.4 cm³/mol. The fraction of sp³-hybridized carbons (Fsp3) is 0.235. The highest BCUT2D eigenvalue weighted by atomic mass is 16.3. The molecule has 0 amide bonds. The molecule has 2 aromatic heterocycles. The lowest BCUT2D eigenvalue weighted by molar-refractivity contribution is 0.160. The minimum Gasteiger partial charge on any atom is -0.387 e. The Morgan fingerprint density at radius 2 is 1.95 bits per heavy atom. The lowest BCUT2D eigenvalue weighted by Crippen LogP contribution is -2.00. The van der Waals surface area contributed by atoms with Gasteiger partial charge in [-0.2, -0.15) is 0 Å². The molecule has 2 N–H and O–H groups in total. The average Bonchev–Trinajstić information content (AvgIpc) is 2.92. The summed E-state index contributed by atoms with van der Waals surface area (Å²) in [5.74, 6) is 0. The average molecular weight is 266 g/mol. The Bertz CT molecular complexity index is 676. The van der Waals surface area contributed by atoms with Crippen molar-refractivity contribution in [1.29, 1.82) is 0 Å². The molecule has 0 aliphatic rings. The van der Waals surface area contributed by atoms with Gasteiger partial charge in [0, 0.05) is 23.3 Å². The lowest BCUT2D eigenvalue weighted by atomic mass is 10.0. The quantitative estimate of drug-likeness (QED) is 0.741. The van der Waals surface area contributed by atoms with Gasteiger partial charge in [-0.3, -0.25) is 4.98 Å². The van der Waals surface area contributed by atoms with Crippen molar-refractivity contribution < 1.29 is 5.11 Å². The third-order valence-electron chi connectivity index (χ3n) is 3.63. The van der Waals surface area contributed by atoms with Crippen molar-refractivity contribution in [3.63, 3.8) is 0 Å². The van der Waals surface area contributed by atoms with E-state index in [2.05, 4.69) is 34.4 Å². The summed E-state index contributed by atoms with van der Waals surface area (Å²) < 4.78 is 0. The zero-order chi connectivity index (χ0) is 13.8. The van der Waals surface area contributed by atoms with Crippen LogP contribution in [0.2, 0.25) is 0 Å². The Balaban J connectivity index is 1.60. The maximum Gasteiger partial charge on any atom is 0.0959 e. The van der Waals surface area contributed by atoms with Gasteiger partial charge in [0.2, 0.25) is 0 Å². The van der Waals surface area contributed by atoms with Crippen molar-refractivity contribution in [3.8, 4) is 0 Å². The standard InChI is InChI=1S/C17H18N2O/c20-17(16-9-3-4-11-18-16)10-5-6-13-12-19-15-8-2-1-7-14(13)15/h1-4,7-9,11-12,17,19-20H,5-6,10H2. The molecule has 1 atom stereocenters. The number of hydrogen-bond donors (Lipinski definition) is 2. The second-order valence-corrected chi connectivity index (χ2v) is 5.02. The molecule has 3 heteroatoms. The number of nitrogens with zero attached hydrogens (tertiary/aromatic N) is 1. The van der Waals surface area contributed by atoms with Crippen molar-refractivity contribution in [2.75, 3.05) is 0 Å². The zero-order valence-corrected chi connectivity index (χ0v) is 11.3. The lowest BCUT2D eigenvalue weighted by Gasteiger charge is -2.09. The number of aliphatic hydroxyl groups excluding tert-OH is 1. The Labute approximate surface area is 118 Å². The number of nitrogens with one attached hydrogen (secondary N) is 1. The molecule has 3 nitrogen and oxygen atoms in total. The summed E-state index contributed by atoms with van der Waals surface area (Å²) in [6.07, 6.45) is 5.96. The number of para-hydroxylation sites is 1. The van der Waals surface area contributed by atoms with Gasteiger partial charge in [0.25, 0.3) is 0 Å². The molecule has 0 saturated heterocycles. The van der Waals surface area contributed by atoms with Crippen molar-refractivity contribution in [1.82, 2.24) is 9.97 Å². The van der Waals surface area contributed by atoms with Crippen LogP contribution in [-0.2, 0) is 6.42 Å². The topological polar surface area (TPSA) is 48.9 Å². The van der Waals surface area contributed by atoms with Crippen LogP contribution in [0.25, 0.3) is 10.9 Å². The number of aromatic nitrogens is 2. The molecule has 0 bridgehead atoms. The maximum absolute atomic E-state index is 10.1. The van der Waals surface area contributed by atoms with E-state index in [4.69, 9.17) is 0 Å². The predicted octanol–water partition coefficient (Wildman–Crippen LogP) is 3.62.